The van der Waals surface area contributed by atoms with Crippen molar-refractivity contribution in [2.75, 3.05) is 0 Å². The second-order valence-corrected chi connectivity index (χ2v) is 6.19. The largest absolute Gasteiger partial charge is 0.478 e. The molecule has 2 aromatic rings. The van der Waals surface area contributed by atoms with E-state index in [0.717, 1.165) is 6.07 Å². The van der Waals surface area contributed by atoms with E-state index in [1.165, 1.54) is 24.5 Å². The number of sulfonamides is 1. The number of aromatic carboxylic acids is 1. The zero-order valence-electron chi connectivity index (χ0n) is 11.4. The summed E-state index contributed by atoms with van der Waals surface area (Å²) in [6, 6.07) is 4.54. The van der Waals surface area contributed by atoms with Crippen molar-refractivity contribution in [3.8, 4) is 0 Å². The summed E-state index contributed by atoms with van der Waals surface area (Å²) in [6.07, 6.45) is 1.46. The number of hydrogen-bond donors (Lipinski definition) is 2. The maximum absolute atomic E-state index is 12.3. The lowest BCUT2D eigenvalue weighted by molar-refractivity contribution is 0.0696. The van der Waals surface area contributed by atoms with Gasteiger partial charge in [0.05, 0.1) is 16.5 Å². The van der Waals surface area contributed by atoms with Crippen LogP contribution in [0.4, 0.5) is 0 Å². The minimum atomic E-state index is -3.85. The predicted molar refractivity (Wildman–Crippen MR) is 73.1 cm³/mol. The summed E-state index contributed by atoms with van der Waals surface area (Å²) in [5.41, 5.74) is -0.0933. The van der Waals surface area contributed by atoms with Crippen LogP contribution in [0.25, 0.3) is 0 Å². The van der Waals surface area contributed by atoms with Crippen molar-refractivity contribution in [3.63, 3.8) is 0 Å². The molecule has 21 heavy (non-hydrogen) atoms. The Hall–Kier alpha value is -2.26. The van der Waals surface area contributed by atoms with Crippen molar-refractivity contribution >= 4 is 16.0 Å². The molecule has 1 unspecified atom stereocenters. The molecule has 0 aliphatic heterocycles. The van der Waals surface area contributed by atoms with Gasteiger partial charge in [-0.2, -0.15) is 0 Å². The highest BCUT2D eigenvalue weighted by Crippen LogP contribution is 2.16. The van der Waals surface area contributed by atoms with E-state index in [0.29, 0.717) is 5.82 Å². The summed E-state index contributed by atoms with van der Waals surface area (Å²) in [6.45, 7) is 1.63. The zero-order chi connectivity index (χ0) is 15.6. The van der Waals surface area contributed by atoms with Crippen LogP contribution in [-0.4, -0.2) is 34.3 Å². The Morgan fingerprint density at radius 3 is 2.71 bits per heavy atom. The number of nitrogens with one attached hydrogen (secondary N) is 1. The molecule has 0 fully saturated rings. The van der Waals surface area contributed by atoms with Gasteiger partial charge < -0.3 is 9.67 Å². The molecule has 0 saturated heterocycles. The van der Waals surface area contributed by atoms with Gasteiger partial charge in [-0.05, 0) is 25.1 Å². The molecule has 1 aromatic heterocycles. The van der Waals surface area contributed by atoms with E-state index in [1.807, 2.05) is 0 Å². The number of carboxylic acid groups (broad SMARTS) is 1. The zero-order valence-corrected chi connectivity index (χ0v) is 12.2. The molecule has 0 bridgehead atoms. The molecule has 0 radical (unpaired) electrons. The third-order valence-electron chi connectivity index (χ3n) is 2.86. The fourth-order valence-electron chi connectivity index (χ4n) is 1.83. The monoisotopic (exact) mass is 310 g/mol. The standard InChI is InChI=1S/C12H14N4O4S/c1-8(11-14-13-7-16(11)2)15-21(19,20)10-5-3-4-9(6-10)12(17)18/h3-8,15H,1-2H3,(H,17,18). The highest BCUT2D eigenvalue weighted by Gasteiger charge is 2.21. The molecule has 112 valence electrons. The maximum atomic E-state index is 12.3. The van der Waals surface area contributed by atoms with Gasteiger partial charge in [0, 0.05) is 7.05 Å². The van der Waals surface area contributed by atoms with Crippen LogP contribution in [0.2, 0.25) is 0 Å². The summed E-state index contributed by atoms with van der Waals surface area (Å²) < 4.78 is 28.6. The lowest BCUT2D eigenvalue weighted by Gasteiger charge is -2.13. The van der Waals surface area contributed by atoms with Crippen molar-refractivity contribution in [3.05, 3.63) is 42.0 Å². The second-order valence-electron chi connectivity index (χ2n) is 4.48. The van der Waals surface area contributed by atoms with Crippen LogP contribution in [0.1, 0.15) is 29.1 Å². The third-order valence-corrected chi connectivity index (χ3v) is 4.40. The van der Waals surface area contributed by atoms with Crippen molar-refractivity contribution < 1.29 is 18.3 Å². The molecule has 2 rings (SSSR count). The molecule has 0 saturated carbocycles. The Kier molecular flexibility index (Phi) is 4.05. The minimum absolute atomic E-state index is 0.0933. The highest BCUT2D eigenvalue weighted by atomic mass is 32.2. The molecule has 1 heterocycles. The third kappa shape index (κ3) is 3.26. The van der Waals surface area contributed by atoms with Gasteiger partial charge in [-0.1, -0.05) is 6.07 Å². The Balaban J connectivity index is 2.28. The molecule has 0 aliphatic carbocycles. The van der Waals surface area contributed by atoms with Crippen LogP contribution in [0.3, 0.4) is 0 Å². The van der Waals surface area contributed by atoms with Crippen LogP contribution >= 0.6 is 0 Å². The number of hydrogen-bond acceptors (Lipinski definition) is 5. The van der Waals surface area contributed by atoms with E-state index in [9.17, 15) is 13.2 Å². The first-order valence-electron chi connectivity index (χ1n) is 6.01. The van der Waals surface area contributed by atoms with Crippen LogP contribution in [0.15, 0.2) is 35.5 Å². The van der Waals surface area contributed by atoms with E-state index >= 15 is 0 Å². The summed E-state index contributed by atoms with van der Waals surface area (Å²) in [5, 5.41) is 16.4. The van der Waals surface area contributed by atoms with Crippen LogP contribution < -0.4 is 4.72 Å². The van der Waals surface area contributed by atoms with Gasteiger partial charge in [-0.25, -0.2) is 17.9 Å². The lowest BCUT2D eigenvalue weighted by atomic mass is 10.2. The van der Waals surface area contributed by atoms with Crippen molar-refractivity contribution in [2.24, 2.45) is 7.05 Å². The van der Waals surface area contributed by atoms with Gasteiger partial charge in [0.1, 0.15) is 12.2 Å². The topological polar surface area (TPSA) is 114 Å². The molecular formula is C12H14N4O4S. The molecule has 8 nitrogen and oxygen atoms in total. The van der Waals surface area contributed by atoms with Crippen molar-refractivity contribution in [1.82, 2.24) is 19.5 Å². The summed E-state index contributed by atoms with van der Waals surface area (Å²) >= 11 is 0. The summed E-state index contributed by atoms with van der Waals surface area (Å²) in [7, 11) is -2.15. The van der Waals surface area contributed by atoms with Gasteiger partial charge in [0.2, 0.25) is 10.0 Å². The molecule has 0 aliphatic rings. The first-order chi connectivity index (χ1) is 9.81. The fraction of sp³-hybridized carbons (Fsp3) is 0.250. The number of aryl methyl sites for hydroxylation is 1. The molecular weight excluding hydrogens is 296 g/mol. The van der Waals surface area contributed by atoms with E-state index in [4.69, 9.17) is 5.11 Å². The summed E-state index contributed by atoms with van der Waals surface area (Å²) in [4.78, 5) is 10.8. The first kappa shape index (κ1) is 15.1. The van der Waals surface area contributed by atoms with Crippen LogP contribution in [0, 0.1) is 0 Å². The van der Waals surface area contributed by atoms with E-state index in [1.54, 1.807) is 18.5 Å². The molecule has 0 amide bonds. The number of rotatable bonds is 5. The molecule has 1 aromatic carbocycles. The van der Waals surface area contributed by atoms with E-state index in [-0.39, 0.29) is 10.5 Å². The Labute approximate surface area is 121 Å². The molecule has 1 atom stereocenters. The minimum Gasteiger partial charge on any atom is -0.478 e. The van der Waals surface area contributed by atoms with Crippen LogP contribution in [0.5, 0.6) is 0 Å². The average molecular weight is 310 g/mol. The Morgan fingerprint density at radius 1 is 1.43 bits per heavy atom. The second kappa shape index (κ2) is 5.62. The number of carbonyl (C=O) groups is 1. The predicted octanol–water partition coefficient (Wildman–Crippen LogP) is 0.553. The number of nitrogens with zero attached hydrogens (tertiary/aromatic N) is 3. The summed E-state index contributed by atoms with van der Waals surface area (Å²) in [5.74, 6) is -0.735. The van der Waals surface area contributed by atoms with E-state index < -0.39 is 22.0 Å². The van der Waals surface area contributed by atoms with Gasteiger partial charge in [-0.3, -0.25) is 0 Å². The SMILES string of the molecule is CC(NS(=O)(=O)c1cccc(C(=O)O)c1)c1nncn1C. The van der Waals surface area contributed by atoms with Crippen molar-refractivity contribution in [1.29, 1.82) is 0 Å². The average Bonchev–Trinajstić information content (AvgIpc) is 2.85. The lowest BCUT2D eigenvalue weighted by Crippen LogP contribution is -2.28. The number of benzene rings is 1. The van der Waals surface area contributed by atoms with Crippen LogP contribution in [-0.2, 0) is 17.1 Å². The Bertz CT molecular complexity index is 769. The van der Waals surface area contributed by atoms with Gasteiger partial charge in [0.15, 0.2) is 0 Å². The molecule has 9 heteroatoms. The normalized spacial score (nSPS) is 13.0. The Morgan fingerprint density at radius 2 is 2.14 bits per heavy atom. The number of carboxylic acids is 1. The van der Waals surface area contributed by atoms with Gasteiger partial charge in [0.25, 0.3) is 0 Å². The molecule has 2 N–H and O–H groups in total. The van der Waals surface area contributed by atoms with Gasteiger partial charge >= 0.3 is 5.97 Å². The fourth-order valence-corrected chi connectivity index (χ4v) is 3.08. The first-order valence-corrected chi connectivity index (χ1v) is 7.49. The van der Waals surface area contributed by atoms with Gasteiger partial charge in [-0.15, -0.1) is 10.2 Å². The smallest absolute Gasteiger partial charge is 0.335 e. The van der Waals surface area contributed by atoms with Crippen molar-refractivity contribution in [2.45, 2.75) is 17.9 Å². The molecule has 0 spiro atoms. The highest BCUT2D eigenvalue weighted by molar-refractivity contribution is 7.89. The quantitative estimate of drug-likeness (QED) is 0.833. The van der Waals surface area contributed by atoms with E-state index in [2.05, 4.69) is 14.9 Å². The maximum Gasteiger partial charge on any atom is 0.335 e. The number of aromatic nitrogens is 3.